The van der Waals surface area contributed by atoms with E-state index < -0.39 is 0 Å². The summed E-state index contributed by atoms with van der Waals surface area (Å²) >= 11 is 1.90. The van der Waals surface area contributed by atoms with Crippen molar-refractivity contribution in [2.24, 2.45) is 5.41 Å². The molecule has 0 spiro atoms. The summed E-state index contributed by atoms with van der Waals surface area (Å²) in [4.78, 5) is 1.56. The van der Waals surface area contributed by atoms with Crippen LogP contribution in [0.3, 0.4) is 0 Å². The van der Waals surface area contributed by atoms with Crippen LogP contribution in [0.15, 0.2) is 11.4 Å². The molecular formula is C13H23NS. The average molecular weight is 225 g/mol. The normalized spacial score (nSPS) is 12.0. The van der Waals surface area contributed by atoms with Crippen LogP contribution in [0, 0.1) is 12.3 Å². The smallest absolute Gasteiger partial charge is 0.00746 e. The van der Waals surface area contributed by atoms with Crippen LogP contribution in [0.4, 0.5) is 0 Å². The maximum atomic E-state index is 3.23. The summed E-state index contributed by atoms with van der Waals surface area (Å²) in [6, 6.07) is 2.22. The van der Waals surface area contributed by atoms with Gasteiger partial charge in [0.25, 0.3) is 0 Å². The first-order valence-electron chi connectivity index (χ1n) is 5.73. The Hall–Kier alpha value is -0.340. The first-order chi connectivity index (χ1) is 7.05. The zero-order chi connectivity index (χ0) is 11.3. The molecule has 0 bridgehead atoms. The van der Waals surface area contributed by atoms with E-state index in [4.69, 9.17) is 0 Å². The standard InChI is InChI=1S/C13H23NS/c1-11-6-10-15-12(11)5-7-13(2,3)8-9-14-4/h6,10,14H,5,7-9H2,1-4H3. The molecule has 0 unspecified atom stereocenters. The first-order valence-corrected chi connectivity index (χ1v) is 6.61. The zero-order valence-corrected chi connectivity index (χ0v) is 11.2. The monoisotopic (exact) mass is 225 g/mol. The van der Waals surface area contributed by atoms with Gasteiger partial charge in [0, 0.05) is 4.88 Å². The van der Waals surface area contributed by atoms with Gasteiger partial charge in [-0.2, -0.15) is 0 Å². The zero-order valence-electron chi connectivity index (χ0n) is 10.4. The fraction of sp³-hybridized carbons (Fsp3) is 0.692. The van der Waals surface area contributed by atoms with E-state index in [1.165, 1.54) is 24.8 Å². The van der Waals surface area contributed by atoms with E-state index >= 15 is 0 Å². The Kier molecular flexibility index (Phi) is 4.81. The molecule has 1 nitrogen and oxygen atoms in total. The van der Waals surface area contributed by atoms with Crippen molar-refractivity contribution in [3.8, 4) is 0 Å². The van der Waals surface area contributed by atoms with Gasteiger partial charge in [0.1, 0.15) is 0 Å². The Morgan fingerprint density at radius 2 is 2.07 bits per heavy atom. The van der Waals surface area contributed by atoms with Gasteiger partial charge in [-0.15, -0.1) is 11.3 Å². The van der Waals surface area contributed by atoms with E-state index in [1.54, 1.807) is 4.88 Å². The van der Waals surface area contributed by atoms with Crippen LogP contribution in [0.25, 0.3) is 0 Å². The van der Waals surface area contributed by atoms with E-state index in [9.17, 15) is 0 Å². The van der Waals surface area contributed by atoms with Crippen LogP contribution in [-0.4, -0.2) is 13.6 Å². The number of aryl methyl sites for hydroxylation is 2. The lowest BCUT2D eigenvalue weighted by Gasteiger charge is -2.24. The van der Waals surface area contributed by atoms with Gasteiger partial charge in [-0.3, -0.25) is 0 Å². The second-order valence-corrected chi connectivity index (χ2v) is 6.05. The van der Waals surface area contributed by atoms with Gasteiger partial charge >= 0.3 is 0 Å². The molecule has 0 aliphatic heterocycles. The van der Waals surface area contributed by atoms with Crippen LogP contribution in [-0.2, 0) is 6.42 Å². The van der Waals surface area contributed by atoms with Crippen molar-refractivity contribution >= 4 is 11.3 Å². The van der Waals surface area contributed by atoms with Gasteiger partial charge in [0.15, 0.2) is 0 Å². The van der Waals surface area contributed by atoms with Crippen molar-refractivity contribution in [2.45, 2.75) is 40.0 Å². The Balaban J connectivity index is 2.39. The minimum absolute atomic E-state index is 0.458. The van der Waals surface area contributed by atoms with Gasteiger partial charge in [0.05, 0.1) is 0 Å². The van der Waals surface area contributed by atoms with Gasteiger partial charge in [-0.05, 0) is 62.2 Å². The summed E-state index contributed by atoms with van der Waals surface area (Å²) in [7, 11) is 2.03. The fourth-order valence-corrected chi connectivity index (χ4v) is 2.61. The predicted molar refractivity (Wildman–Crippen MR) is 69.7 cm³/mol. The molecule has 1 aromatic rings. The third-order valence-corrected chi connectivity index (χ3v) is 4.13. The van der Waals surface area contributed by atoms with Crippen molar-refractivity contribution < 1.29 is 0 Å². The van der Waals surface area contributed by atoms with Crippen LogP contribution >= 0.6 is 11.3 Å². The third kappa shape index (κ3) is 4.35. The maximum Gasteiger partial charge on any atom is 0.00746 e. The number of hydrogen-bond acceptors (Lipinski definition) is 2. The Morgan fingerprint density at radius 1 is 1.33 bits per heavy atom. The first kappa shape index (κ1) is 12.7. The second-order valence-electron chi connectivity index (χ2n) is 5.04. The molecule has 15 heavy (non-hydrogen) atoms. The van der Waals surface area contributed by atoms with E-state index in [0.29, 0.717) is 5.41 Å². The Bertz CT molecular complexity index is 288. The number of thiophene rings is 1. The topological polar surface area (TPSA) is 12.0 Å². The lowest BCUT2D eigenvalue weighted by molar-refractivity contribution is 0.306. The molecule has 0 atom stereocenters. The summed E-state index contributed by atoms with van der Waals surface area (Å²) in [5, 5.41) is 5.43. The maximum absolute atomic E-state index is 3.23. The summed E-state index contributed by atoms with van der Waals surface area (Å²) in [5.41, 5.74) is 1.92. The molecule has 0 radical (unpaired) electrons. The SMILES string of the molecule is CNCCC(C)(C)CCc1sccc1C. The lowest BCUT2D eigenvalue weighted by Crippen LogP contribution is -2.20. The van der Waals surface area contributed by atoms with Gasteiger partial charge in [-0.1, -0.05) is 13.8 Å². The number of hydrogen-bond donors (Lipinski definition) is 1. The third-order valence-electron chi connectivity index (χ3n) is 3.05. The van der Waals surface area contributed by atoms with Crippen LogP contribution < -0.4 is 5.32 Å². The Labute approximate surface area is 97.9 Å². The summed E-state index contributed by atoms with van der Waals surface area (Å²) in [5.74, 6) is 0. The highest BCUT2D eigenvalue weighted by Crippen LogP contribution is 2.28. The minimum Gasteiger partial charge on any atom is -0.320 e. The molecule has 1 heterocycles. The van der Waals surface area contributed by atoms with Crippen LogP contribution in [0.1, 0.15) is 37.1 Å². The van der Waals surface area contributed by atoms with Crippen LogP contribution in [0.2, 0.25) is 0 Å². The number of nitrogens with one attached hydrogen (secondary N) is 1. The van der Waals surface area contributed by atoms with Gasteiger partial charge < -0.3 is 5.32 Å². The van der Waals surface area contributed by atoms with Crippen molar-refractivity contribution in [1.82, 2.24) is 5.32 Å². The largest absolute Gasteiger partial charge is 0.320 e. The Morgan fingerprint density at radius 3 is 2.60 bits per heavy atom. The predicted octanol–water partition coefficient (Wildman–Crippen LogP) is 3.62. The molecule has 0 fully saturated rings. The molecule has 86 valence electrons. The van der Waals surface area contributed by atoms with E-state index in [2.05, 4.69) is 37.5 Å². The van der Waals surface area contributed by atoms with Crippen molar-refractivity contribution in [3.05, 3.63) is 21.9 Å². The van der Waals surface area contributed by atoms with Crippen LogP contribution in [0.5, 0.6) is 0 Å². The quantitative estimate of drug-likeness (QED) is 0.779. The van der Waals surface area contributed by atoms with Gasteiger partial charge in [0.2, 0.25) is 0 Å². The highest BCUT2D eigenvalue weighted by molar-refractivity contribution is 7.10. The molecule has 0 aromatic carbocycles. The molecule has 1 aromatic heterocycles. The van der Waals surface area contributed by atoms with Crippen molar-refractivity contribution in [1.29, 1.82) is 0 Å². The molecule has 0 saturated heterocycles. The molecule has 2 heteroatoms. The second kappa shape index (κ2) is 5.66. The molecule has 0 amide bonds. The highest BCUT2D eigenvalue weighted by Gasteiger charge is 2.17. The molecule has 0 saturated carbocycles. The number of rotatable bonds is 6. The molecule has 0 aliphatic rings. The molecule has 1 rings (SSSR count). The van der Waals surface area contributed by atoms with Crippen molar-refractivity contribution in [2.75, 3.05) is 13.6 Å². The fourth-order valence-electron chi connectivity index (χ4n) is 1.70. The summed E-state index contributed by atoms with van der Waals surface area (Å²) in [6.07, 6.45) is 3.78. The summed E-state index contributed by atoms with van der Waals surface area (Å²) < 4.78 is 0. The van der Waals surface area contributed by atoms with E-state index in [0.717, 1.165) is 6.54 Å². The lowest BCUT2D eigenvalue weighted by atomic mass is 9.84. The highest BCUT2D eigenvalue weighted by atomic mass is 32.1. The van der Waals surface area contributed by atoms with E-state index in [-0.39, 0.29) is 0 Å². The van der Waals surface area contributed by atoms with Crippen molar-refractivity contribution in [3.63, 3.8) is 0 Å². The van der Waals surface area contributed by atoms with Gasteiger partial charge in [-0.25, -0.2) is 0 Å². The minimum atomic E-state index is 0.458. The molecule has 1 N–H and O–H groups in total. The molecular weight excluding hydrogens is 202 g/mol. The summed E-state index contributed by atoms with van der Waals surface area (Å²) in [6.45, 7) is 8.07. The van der Waals surface area contributed by atoms with E-state index in [1.807, 2.05) is 18.4 Å². The molecule has 0 aliphatic carbocycles. The average Bonchev–Trinajstić information content (AvgIpc) is 2.58.